The zero-order valence-electron chi connectivity index (χ0n) is 15.5. The minimum absolute atomic E-state index is 0.0184. The van der Waals surface area contributed by atoms with Crippen LogP contribution >= 0.6 is 0 Å². The third kappa shape index (κ3) is 3.97. The molecule has 1 N–H and O–H groups in total. The summed E-state index contributed by atoms with van der Waals surface area (Å²) in [6, 6.07) is 9.94. The van der Waals surface area contributed by atoms with Gasteiger partial charge in [0.05, 0.1) is 25.4 Å². The highest BCUT2D eigenvalue weighted by Crippen LogP contribution is 2.24. The molecule has 0 radical (unpaired) electrons. The van der Waals surface area contributed by atoms with Gasteiger partial charge in [-0.2, -0.15) is 0 Å². The number of hydrogen-bond donors (Lipinski definition) is 1. The third-order valence-electron chi connectivity index (χ3n) is 4.88. The fraction of sp³-hybridized carbons (Fsp3) is 0.238. The lowest BCUT2D eigenvalue weighted by Gasteiger charge is -2.29. The van der Waals surface area contributed by atoms with Crippen molar-refractivity contribution in [2.24, 2.45) is 0 Å². The molecule has 150 valence electrons. The Kier molecular flexibility index (Phi) is 5.26. The smallest absolute Gasteiger partial charge is 0.329 e. The number of rotatable bonds is 4. The molecule has 0 bridgehead atoms. The van der Waals surface area contributed by atoms with Crippen molar-refractivity contribution in [3.8, 4) is 0 Å². The summed E-state index contributed by atoms with van der Waals surface area (Å²) in [7, 11) is 0. The molecule has 29 heavy (non-hydrogen) atoms. The summed E-state index contributed by atoms with van der Waals surface area (Å²) in [5, 5.41) is 2.47. The van der Waals surface area contributed by atoms with Crippen LogP contribution in [0.5, 0.6) is 0 Å². The Morgan fingerprint density at radius 3 is 2.52 bits per heavy atom. The molecular weight excluding hydrogens is 380 g/mol. The van der Waals surface area contributed by atoms with Gasteiger partial charge in [-0.3, -0.25) is 9.69 Å². The summed E-state index contributed by atoms with van der Waals surface area (Å²) < 4.78 is 33.7. The predicted molar refractivity (Wildman–Crippen MR) is 103 cm³/mol. The number of benzene rings is 2. The van der Waals surface area contributed by atoms with Gasteiger partial charge < -0.3 is 15.0 Å². The number of nitrogens with zero attached hydrogens (tertiary/aromatic N) is 2. The maximum Gasteiger partial charge on any atom is 0.329 e. The molecule has 2 aromatic carbocycles. The van der Waals surface area contributed by atoms with Gasteiger partial charge in [0.1, 0.15) is 17.3 Å². The molecule has 2 aliphatic rings. The standard InChI is InChI=1S/C21H19F2N3O3/c22-16-4-2-1-3-15(16)13-26-20(27)18(24-21(26)28)12-14-5-6-19(17(23)11-14)25-7-9-29-10-8-25/h1-6,11-12H,7-10,13H2,(H,24,28)/b18-12-. The zero-order valence-corrected chi connectivity index (χ0v) is 15.5. The highest BCUT2D eigenvalue weighted by molar-refractivity contribution is 6.13. The lowest BCUT2D eigenvalue weighted by Crippen LogP contribution is -2.36. The average molecular weight is 399 g/mol. The Morgan fingerprint density at radius 2 is 1.79 bits per heavy atom. The Balaban J connectivity index is 1.52. The maximum absolute atomic E-state index is 14.6. The van der Waals surface area contributed by atoms with Crippen LogP contribution in [0.2, 0.25) is 0 Å². The highest BCUT2D eigenvalue weighted by atomic mass is 19.1. The van der Waals surface area contributed by atoms with Gasteiger partial charge in [0.15, 0.2) is 0 Å². The Morgan fingerprint density at radius 1 is 1.03 bits per heavy atom. The van der Waals surface area contributed by atoms with E-state index in [1.807, 2.05) is 4.90 Å². The van der Waals surface area contributed by atoms with E-state index in [1.54, 1.807) is 18.2 Å². The van der Waals surface area contributed by atoms with Crippen molar-refractivity contribution in [2.45, 2.75) is 6.54 Å². The first-order valence-corrected chi connectivity index (χ1v) is 9.23. The van der Waals surface area contributed by atoms with Crippen molar-refractivity contribution >= 4 is 23.7 Å². The van der Waals surface area contributed by atoms with E-state index in [0.29, 0.717) is 37.6 Å². The SMILES string of the molecule is O=C1N/C(=C\c2ccc(N3CCOCC3)c(F)c2)C(=O)N1Cc1ccccc1F. The second kappa shape index (κ2) is 8.00. The normalized spacial score (nSPS) is 18.5. The minimum atomic E-state index is -0.644. The Hall–Kier alpha value is -3.26. The number of imide groups is 1. The number of hydrogen-bond acceptors (Lipinski definition) is 4. The van der Waals surface area contributed by atoms with Gasteiger partial charge in [0.2, 0.25) is 0 Å². The van der Waals surface area contributed by atoms with E-state index in [4.69, 9.17) is 4.74 Å². The van der Waals surface area contributed by atoms with E-state index in [0.717, 1.165) is 4.90 Å². The molecule has 0 saturated carbocycles. The van der Waals surface area contributed by atoms with Crippen LogP contribution in [0, 0.1) is 11.6 Å². The number of carbonyl (C=O) groups is 2. The van der Waals surface area contributed by atoms with E-state index in [9.17, 15) is 18.4 Å². The molecule has 2 saturated heterocycles. The van der Waals surface area contributed by atoms with Crippen molar-refractivity contribution in [1.82, 2.24) is 10.2 Å². The van der Waals surface area contributed by atoms with Crippen LogP contribution < -0.4 is 10.2 Å². The van der Waals surface area contributed by atoms with Gasteiger partial charge in [0, 0.05) is 18.7 Å². The summed E-state index contributed by atoms with van der Waals surface area (Å²) in [5.41, 5.74) is 1.16. The molecule has 0 aromatic heterocycles. The van der Waals surface area contributed by atoms with Crippen LogP contribution in [-0.4, -0.2) is 43.1 Å². The molecule has 0 unspecified atom stereocenters. The summed E-state index contributed by atoms with van der Waals surface area (Å²) in [6.07, 6.45) is 1.41. The molecule has 6 nitrogen and oxygen atoms in total. The molecule has 4 rings (SSSR count). The number of morpholine rings is 1. The topological polar surface area (TPSA) is 61.9 Å². The molecule has 2 heterocycles. The maximum atomic E-state index is 14.6. The molecule has 8 heteroatoms. The second-order valence-corrected chi connectivity index (χ2v) is 6.78. The number of anilines is 1. The van der Waals surface area contributed by atoms with Crippen LogP contribution in [0.3, 0.4) is 0 Å². The van der Waals surface area contributed by atoms with Crippen LogP contribution in [0.4, 0.5) is 19.3 Å². The van der Waals surface area contributed by atoms with Crippen molar-refractivity contribution in [2.75, 3.05) is 31.2 Å². The van der Waals surface area contributed by atoms with Crippen molar-refractivity contribution in [1.29, 1.82) is 0 Å². The molecular formula is C21H19F2N3O3. The first-order chi connectivity index (χ1) is 14.0. The van der Waals surface area contributed by atoms with Crippen LogP contribution in [0.15, 0.2) is 48.2 Å². The van der Waals surface area contributed by atoms with Crippen molar-refractivity contribution in [3.05, 3.63) is 70.9 Å². The van der Waals surface area contributed by atoms with Crippen molar-refractivity contribution in [3.63, 3.8) is 0 Å². The second-order valence-electron chi connectivity index (χ2n) is 6.78. The quantitative estimate of drug-likeness (QED) is 0.635. The fourth-order valence-corrected chi connectivity index (χ4v) is 3.35. The van der Waals surface area contributed by atoms with Gasteiger partial charge in [-0.25, -0.2) is 13.6 Å². The first-order valence-electron chi connectivity index (χ1n) is 9.23. The molecule has 0 spiro atoms. The summed E-state index contributed by atoms with van der Waals surface area (Å²) in [4.78, 5) is 27.6. The number of ether oxygens (including phenoxy) is 1. The van der Waals surface area contributed by atoms with Crippen LogP contribution in [0.1, 0.15) is 11.1 Å². The lowest BCUT2D eigenvalue weighted by molar-refractivity contribution is -0.123. The molecule has 0 aliphatic carbocycles. The van der Waals surface area contributed by atoms with Gasteiger partial charge >= 0.3 is 6.03 Å². The molecule has 3 amide bonds. The Labute approximate surface area is 166 Å². The number of nitrogens with one attached hydrogen (secondary N) is 1. The summed E-state index contributed by atoms with van der Waals surface area (Å²) in [6.45, 7) is 2.13. The number of amides is 3. The average Bonchev–Trinajstić information content (AvgIpc) is 2.98. The molecule has 2 aliphatic heterocycles. The zero-order chi connectivity index (χ0) is 20.4. The van der Waals surface area contributed by atoms with E-state index >= 15 is 0 Å². The van der Waals surface area contributed by atoms with E-state index in [-0.39, 0.29) is 17.8 Å². The van der Waals surface area contributed by atoms with Gasteiger partial charge in [-0.05, 0) is 29.8 Å². The summed E-state index contributed by atoms with van der Waals surface area (Å²) >= 11 is 0. The van der Waals surface area contributed by atoms with Gasteiger partial charge in [-0.15, -0.1) is 0 Å². The van der Waals surface area contributed by atoms with E-state index < -0.39 is 23.6 Å². The summed E-state index contributed by atoms with van der Waals surface area (Å²) in [5.74, 6) is -1.50. The fourth-order valence-electron chi connectivity index (χ4n) is 3.35. The van der Waals surface area contributed by atoms with Gasteiger partial charge in [-0.1, -0.05) is 24.3 Å². The highest BCUT2D eigenvalue weighted by Gasteiger charge is 2.34. The minimum Gasteiger partial charge on any atom is -0.378 e. The molecule has 2 aromatic rings. The van der Waals surface area contributed by atoms with E-state index in [1.165, 1.54) is 30.3 Å². The van der Waals surface area contributed by atoms with Crippen LogP contribution in [-0.2, 0) is 16.1 Å². The van der Waals surface area contributed by atoms with E-state index in [2.05, 4.69) is 5.32 Å². The van der Waals surface area contributed by atoms with Gasteiger partial charge in [0.25, 0.3) is 5.91 Å². The predicted octanol–water partition coefficient (Wildman–Crippen LogP) is 2.89. The van der Waals surface area contributed by atoms with Crippen molar-refractivity contribution < 1.29 is 23.1 Å². The third-order valence-corrected chi connectivity index (χ3v) is 4.88. The number of urea groups is 1. The van der Waals surface area contributed by atoms with Crippen LogP contribution in [0.25, 0.3) is 6.08 Å². The lowest BCUT2D eigenvalue weighted by atomic mass is 10.1. The number of halogens is 2. The first kappa shape index (κ1) is 19.1. The Bertz CT molecular complexity index is 987. The molecule has 0 atom stereocenters. The monoisotopic (exact) mass is 399 g/mol. The largest absolute Gasteiger partial charge is 0.378 e. The number of carbonyl (C=O) groups excluding carboxylic acids is 2. The molecule has 2 fully saturated rings.